The quantitative estimate of drug-likeness (QED) is 0.415. The van der Waals surface area contributed by atoms with Gasteiger partial charge >= 0.3 is 0 Å². The lowest BCUT2D eigenvalue weighted by molar-refractivity contribution is 0.0847. The molecule has 1 saturated carbocycles. The third kappa shape index (κ3) is 3.92. The lowest BCUT2D eigenvalue weighted by atomic mass is 10.1. The summed E-state index contributed by atoms with van der Waals surface area (Å²) >= 11 is 3.38. The maximum absolute atomic E-state index is 14.8. The van der Waals surface area contributed by atoms with E-state index in [1.807, 2.05) is 18.4 Å². The minimum Gasteiger partial charge on any atom is -0.336 e. The number of imidazole rings is 1. The minimum atomic E-state index is -2.41. The van der Waals surface area contributed by atoms with Crippen LogP contribution in [0.1, 0.15) is 43.9 Å². The normalized spacial score (nSPS) is 15.4. The highest BCUT2D eigenvalue weighted by atomic mass is 79.9. The van der Waals surface area contributed by atoms with E-state index in [2.05, 4.69) is 36.5 Å². The van der Waals surface area contributed by atoms with Gasteiger partial charge in [0.25, 0.3) is 6.43 Å². The topological polar surface area (TPSA) is 54.8 Å². The first-order valence-corrected chi connectivity index (χ1v) is 10.6. The van der Waals surface area contributed by atoms with Crippen LogP contribution in [-0.4, -0.2) is 26.5 Å². The SMILES string of the molecule is Cc1cc(F)c(Nc2nc(Br)cc3ncn(C(C)C)c23)cc1CNC1(C(F)F)CC1. The predicted molar refractivity (Wildman–Crippen MR) is 115 cm³/mol. The average molecular weight is 482 g/mol. The van der Waals surface area contributed by atoms with Crippen molar-refractivity contribution in [3.05, 3.63) is 46.1 Å². The second-order valence-corrected chi connectivity index (χ2v) is 8.91. The smallest absolute Gasteiger partial charge is 0.256 e. The van der Waals surface area contributed by atoms with Crippen molar-refractivity contribution in [3.63, 3.8) is 0 Å². The molecule has 9 heteroatoms. The van der Waals surface area contributed by atoms with E-state index in [1.54, 1.807) is 25.4 Å². The summed E-state index contributed by atoms with van der Waals surface area (Å²) < 4.78 is 43.7. The standard InChI is InChI=1S/C21H23BrF3N5/c1-11(2)30-10-26-16-8-17(22)29-19(18(16)30)28-15-7-13(12(3)6-14(15)23)9-27-21(4-5-21)20(24)25/h6-8,10-11,20,27H,4-5,9H2,1-3H3,(H,28,29). The Morgan fingerprint density at radius 1 is 1.23 bits per heavy atom. The molecule has 0 unspecified atom stereocenters. The van der Waals surface area contributed by atoms with Gasteiger partial charge in [-0.1, -0.05) is 0 Å². The zero-order valence-electron chi connectivity index (χ0n) is 16.9. The number of rotatable bonds is 7. The van der Waals surface area contributed by atoms with E-state index >= 15 is 0 Å². The maximum Gasteiger partial charge on any atom is 0.256 e. The zero-order valence-corrected chi connectivity index (χ0v) is 18.5. The van der Waals surface area contributed by atoms with Crippen LogP contribution in [0.2, 0.25) is 0 Å². The van der Waals surface area contributed by atoms with Crippen molar-refractivity contribution in [3.8, 4) is 0 Å². The van der Waals surface area contributed by atoms with Gasteiger partial charge in [0.05, 0.1) is 23.1 Å². The average Bonchev–Trinajstić information content (AvgIpc) is 3.34. The van der Waals surface area contributed by atoms with Crippen molar-refractivity contribution in [1.29, 1.82) is 0 Å². The second kappa shape index (κ2) is 7.85. The first-order valence-electron chi connectivity index (χ1n) is 9.82. The Balaban J connectivity index is 1.67. The van der Waals surface area contributed by atoms with E-state index in [4.69, 9.17) is 0 Å². The van der Waals surface area contributed by atoms with Gasteiger partial charge in [0.15, 0.2) is 5.82 Å². The van der Waals surface area contributed by atoms with Crippen LogP contribution in [-0.2, 0) is 6.54 Å². The molecule has 0 radical (unpaired) electrons. The molecule has 160 valence electrons. The molecule has 2 heterocycles. The maximum atomic E-state index is 14.8. The summed E-state index contributed by atoms with van der Waals surface area (Å²) in [6.07, 6.45) is 0.227. The van der Waals surface area contributed by atoms with Crippen LogP contribution < -0.4 is 10.6 Å². The third-order valence-corrected chi connectivity index (χ3v) is 6.00. The largest absolute Gasteiger partial charge is 0.336 e. The fourth-order valence-corrected chi connectivity index (χ4v) is 3.91. The number of halogens is 4. The van der Waals surface area contributed by atoms with Gasteiger partial charge in [0, 0.05) is 12.6 Å². The molecule has 1 aliphatic rings. The van der Waals surface area contributed by atoms with Crippen LogP contribution in [0.15, 0.2) is 29.1 Å². The summed E-state index contributed by atoms with van der Waals surface area (Å²) in [4.78, 5) is 8.90. The number of pyridine rings is 1. The lowest BCUT2D eigenvalue weighted by Gasteiger charge is -2.19. The van der Waals surface area contributed by atoms with Gasteiger partial charge in [-0.15, -0.1) is 0 Å². The van der Waals surface area contributed by atoms with Gasteiger partial charge in [0.1, 0.15) is 15.9 Å². The molecule has 0 amide bonds. The number of hydrogen-bond acceptors (Lipinski definition) is 4. The van der Waals surface area contributed by atoms with E-state index in [0.29, 0.717) is 28.8 Å². The molecule has 30 heavy (non-hydrogen) atoms. The predicted octanol–water partition coefficient (Wildman–Crippen LogP) is 5.85. The van der Waals surface area contributed by atoms with E-state index < -0.39 is 17.8 Å². The molecule has 0 atom stereocenters. The molecule has 2 aromatic heterocycles. The number of fused-ring (bicyclic) bond motifs is 1. The minimum absolute atomic E-state index is 0.144. The number of nitrogens with one attached hydrogen (secondary N) is 2. The van der Waals surface area contributed by atoms with Crippen molar-refractivity contribution in [1.82, 2.24) is 19.9 Å². The number of aromatic nitrogens is 3. The molecule has 5 nitrogen and oxygen atoms in total. The number of hydrogen-bond donors (Lipinski definition) is 2. The van der Waals surface area contributed by atoms with Crippen LogP contribution in [0.4, 0.5) is 24.7 Å². The molecule has 4 rings (SSSR count). The van der Waals surface area contributed by atoms with Gasteiger partial charge in [-0.25, -0.2) is 23.1 Å². The highest BCUT2D eigenvalue weighted by Crippen LogP contribution is 2.41. The summed E-state index contributed by atoms with van der Waals surface area (Å²) in [5.41, 5.74) is 2.10. The molecule has 1 fully saturated rings. The Bertz CT molecular complexity index is 1090. The van der Waals surface area contributed by atoms with Gasteiger partial charge in [0.2, 0.25) is 0 Å². The summed E-state index contributed by atoms with van der Waals surface area (Å²) in [6, 6.07) is 5.02. The molecular weight excluding hydrogens is 459 g/mol. The highest BCUT2D eigenvalue weighted by molar-refractivity contribution is 9.10. The van der Waals surface area contributed by atoms with Crippen molar-refractivity contribution in [2.24, 2.45) is 0 Å². The molecule has 0 saturated heterocycles. The number of nitrogens with zero attached hydrogens (tertiary/aromatic N) is 3. The summed E-state index contributed by atoms with van der Waals surface area (Å²) in [5, 5.41) is 6.05. The zero-order chi connectivity index (χ0) is 21.6. The number of benzene rings is 1. The second-order valence-electron chi connectivity index (χ2n) is 8.10. The summed E-state index contributed by atoms with van der Waals surface area (Å²) in [6.45, 7) is 6.07. The van der Waals surface area contributed by atoms with Crippen LogP contribution in [0, 0.1) is 12.7 Å². The number of anilines is 2. The summed E-state index contributed by atoms with van der Waals surface area (Å²) in [5.74, 6) is 0.0373. The Hall–Kier alpha value is -2.13. The third-order valence-electron chi connectivity index (χ3n) is 5.59. The Morgan fingerprint density at radius 2 is 1.97 bits per heavy atom. The Morgan fingerprint density at radius 3 is 2.60 bits per heavy atom. The molecule has 0 spiro atoms. The summed E-state index contributed by atoms with van der Waals surface area (Å²) in [7, 11) is 0. The van der Waals surface area contributed by atoms with Gasteiger partial charge in [-0.2, -0.15) is 0 Å². The molecule has 0 bridgehead atoms. The van der Waals surface area contributed by atoms with E-state index in [1.165, 1.54) is 6.07 Å². The molecule has 1 aromatic carbocycles. The Labute approximate surface area is 181 Å². The molecule has 3 aromatic rings. The first kappa shape index (κ1) is 21.1. The van der Waals surface area contributed by atoms with E-state index in [-0.39, 0.29) is 18.3 Å². The van der Waals surface area contributed by atoms with Gasteiger partial charge in [-0.3, -0.25) is 0 Å². The number of alkyl halides is 2. The van der Waals surface area contributed by atoms with Crippen molar-refractivity contribution in [2.45, 2.75) is 58.2 Å². The lowest BCUT2D eigenvalue weighted by Crippen LogP contribution is -2.37. The highest BCUT2D eigenvalue weighted by Gasteiger charge is 2.50. The van der Waals surface area contributed by atoms with Crippen molar-refractivity contribution >= 4 is 38.5 Å². The fourth-order valence-electron chi connectivity index (χ4n) is 3.52. The monoisotopic (exact) mass is 481 g/mol. The molecule has 1 aliphatic carbocycles. The number of aryl methyl sites for hydroxylation is 1. The van der Waals surface area contributed by atoms with Crippen LogP contribution in [0.5, 0.6) is 0 Å². The Kier molecular flexibility index (Phi) is 5.52. The molecular formula is C21H23BrF3N5. The van der Waals surface area contributed by atoms with Gasteiger partial charge in [-0.05, 0) is 78.9 Å². The van der Waals surface area contributed by atoms with Crippen LogP contribution in [0.3, 0.4) is 0 Å². The van der Waals surface area contributed by atoms with Crippen LogP contribution in [0.25, 0.3) is 11.0 Å². The van der Waals surface area contributed by atoms with Crippen LogP contribution >= 0.6 is 15.9 Å². The molecule has 2 N–H and O–H groups in total. The van der Waals surface area contributed by atoms with E-state index in [9.17, 15) is 13.2 Å². The van der Waals surface area contributed by atoms with Crippen molar-refractivity contribution in [2.75, 3.05) is 5.32 Å². The van der Waals surface area contributed by atoms with Crippen molar-refractivity contribution < 1.29 is 13.2 Å². The fraction of sp³-hybridized carbons (Fsp3) is 0.429. The van der Waals surface area contributed by atoms with E-state index in [0.717, 1.165) is 16.6 Å². The molecule has 0 aliphatic heterocycles. The first-order chi connectivity index (χ1) is 14.2. The van der Waals surface area contributed by atoms with Gasteiger partial charge < -0.3 is 15.2 Å².